The third-order valence-corrected chi connectivity index (χ3v) is 8.56. The minimum Gasteiger partial charge on any atom is -0.476 e. The Labute approximate surface area is 298 Å². The summed E-state index contributed by atoms with van der Waals surface area (Å²) in [6.45, 7) is 7.03. The Morgan fingerprint density at radius 1 is 0.962 bits per heavy atom. The Morgan fingerprint density at radius 3 is 2.17 bits per heavy atom. The van der Waals surface area contributed by atoms with Crippen molar-refractivity contribution >= 4 is 28.9 Å². The number of halogens is 3. The van der Waals surface area contributed by atoms with Gasteiger partial charge in [-0.15, -0.1) is 0 Å². The molecule has 1 N–H and O–H groups in total. The number of nitro benzene ring substituents is 1. The number of nitrogens with zero attached hydrogens (tertiary/aromatic N) is 5. The molecule has 1 aliphatic heterocycles. The van der Waals surface area contributed by atoms with Crippen LogP contribution >= 0.6 is 0 Å². The van der Waals surface area contributed by atoms with Crippen molar-refractivity contribution in [3.05, 3.63) is 99.9 Å². The number of alkyl halides is 3. The molecule has 0 spiro atoms. The quantitative estimate of drug-likeness (QED) is 0.111. The molecule has 0 bridgehead atoms. The molecule has 0 atom stereocenters. The zero-order valence-corrected chi connectivity index (χ0v) is 29.0. The van der Waals surface area contributed by atoms with E-state index in [4.69, 9.17) is 9.47 Å². The molecule has 12 nitrogen and oxygen atoms in total. The van der Waals surface area contributed by atoms with Crippen molar-refractivity contribution in [3.8, 4) is 22.9 Å². The Kier molecular flexibility index (Phi) is 11.9. The second kappa shape index (κ2) is 16.5. The summed E-state index contributed by atoms with van der Waals surface area (Å²) in [5.74, 6) is -0.562. The normalized spacial score (nSPS) is 13.4. The van der Waals surface area contributed by atoms with E-state index >= 15 is 0 Å². The SMILES string of the molecule is CCCN(C(=O)c1ccc(N2CCC(NC(=O)c3ccccc3-c3ccc(C(F)(F)F)cc3)CC2)c([N+](=O)[O-])c1)c1c(OCC)ncnc1OCC. The molecule has 274 valence electrons. The van der Waals surface area contributed by atoms with Crippen molar-refractivity contribution in [3.63, 3.8) is 0 Å². The van der Waals surface area contributed by atoms with Gasteiger partial charge in [0.1, 0.15) is 12.0 Å². The molecule has 1 fully saturated rings. The molecule has 2 heterocycles. The zero-order chi connectivity index (χ0) is 37.4. The number of rotatable bonds is 13. The Hall–Kier alpha value is -5.73. The summed E-state index contributed by atoms with van der Waals surface area (Å²) in [6.07, 6.45) is -1.68. The van der Waals surface area contributed by atoms with Crippen molar-refractivity contribution < 1.29 is 37.2 Å². The van der Waals surface area contributed by atoms with Gasteiger partial charge in [-0.05, 0) is 74.6 Å². The second-order valence-corrected chi connectivity index (χ2v) is 12.0. The maximum absolute atomic E-state index is 14.0. The minimum absolute atomic E-state index is 0.0894. The Balaban J connectivity index is 1.31. The van der Waals surface area contributed by atoms with E-state index in [2.05, 4.69) is 15.3 Å². The molecule has 5 rings (SSSR count). The van der Waals surface area contributed by atoms with E-state index in [1.165, 1.54) is 29.4 Å². The molecule has 1 aromatic heterocycles. The van der Waals surface area contributed by atoms with Gasteiger partial charge in [0.05, 0.1) is 23.7 Å². The van der Waals surface area contributed by atoms with Crippen LogP contribution < -0.4 is 24.6 Å². The van der Waals surface area contributed by atoms with Crippen molar-refractivity contribution in [2.24, 2.45) is 0 Å². The molecule has 52 heavy (non-hydrogen) atoms. The fraction of sp³-hybridized carbons (Fsp3) is 0.351. The van der Waals surface area contributed by atoms with Crippen LogP contribution in [0.25, 0.3) is 11.1 Å². The number of hydrogen-bond acceptors (Lipinski definition) is 9. The topological polar surface area (TPSA) is 140 Å². The van der Waals surface area contributed by atoms with E-state index in [0.29, 0.717) is 54.7 Å². The minimum atomic E-state index is -4.47. The summed E-state index contributed by atoms with van der Waals surface area (Å²) in [5.41, 5.74) is 0.950. The zero-order valence-electron chi connectivity index (χ0n) is 29.0. The van der Waals surface area contributed by atoms with Crippen molar-refractivity contribution in [1.82, 2.24) is 15.3 Å². The first kappa shape index (κ1) is 37.5. The Morgan fingerprint density at radius 2 is 1.60 bits per heavy atom. The molecule has 4 aromatic rings. The summed E-state index contributed by atoms with van der Waals surface area (Å²) in [4.78, 5) is 50.9. The van der Waals surface area contributed by atoms with E-state index in [9.17, 15) is 32.9 Å². The molecule has 3 aromatic carbocycles. The molecule has 0 saturated carbocycles. The number of nitrogens with one attached hydrogen (secondary N) is 1. The maximum Gasteiger partial charge on any atom is 0.416 e. The van der Waals surface area contributed by atoms with Gasteiger partial charge in [-0.2, -0.15) is 23.1 Å². The van der Waals surface area contributed by atoms with Gasteiger partial charge in [0, 0.05) is 42.9 Å². The van der Waals surface area contributed by atoms with Crippen LogP contribution in [-0.2, 0) is 6.18 Å². The monoisotopic (exact) mass is 720 g/mol. The number of hydrogen-bond donors (Lipinski definition) is 1. The predicted molar refractivity (Wildman–Crippen MR) is 189 cm³/mol. The van der Waals surface area contributed by atoms with E-state index in [1.54, 1.807) is 50.2 Å². The highest BCUT2D eigenvalue weighted by Crippen LogP contribution is 2.38. The van der Waals surface area contributed by atoms with Crippen LogP contribution in [0.15, 0.2) is 73.1 Å². The third kappa shape index (κ3) is 8.41. The number of benzene rings is 3. The number of amides is 2. The van der Waals surface area contributed by atoms with E-state index in [1.807, 2.05) is 11.8 Å². The van der Waals surface area contributed by atoms with Crippen LogP contribution in [0.3, 0.4) is 0 Å². The van der Waals surface area contributed by atoms with Crippen LogP contribution in [0.4, 0.5) is 30.2 Å². The first-order valence-corrected chi connectivity index (χ1v) is 17.0. The number of ether oxygens (including phenoxy) is 2. The average Bonchev–Trinajstić information content (AvgIpc) is 3.14. The molecule has 0 radical (unpaired) electrons. The van der Waals surface area contributed by atoms with Gasteiger partial charge in [-0.1, -0.05) is 37.3 Å². The maximum atomic E-state index is 14.0. The fourth-order valence-electron chi connectivity index (χ4n) is 6.13. The third-order valence-electron chi connectivity index (χ3n) is 8.56. The molecule has 0 unspecified atom stereocenters. The highest BCUT2D eigenvalue weighted by atomic mass is 19.4. The van der Waals surface area contributed by atoms with E-state index < -0.39 is 22.6 Å². The van der Waals surface area contributed by atoms with Crippen molar-refractivity contribution in [1.29, 1.82) is 0 Å². The van der Waals surface area contributed by atoms with E-state index in [0.717, 1.165) is 12.1 Å². The largest absolute Gasteiger partial charge is 0.476 e. The molecular formula is C37H39F3N6O6. The van der Waals surface area contributed by atoms with Crippen LogP contribution in [-0.4, -0.2) is 65.6 Å². The van der Waals surface area contributed by atoms with Crippen molar-refractivity contribution in [2.45, 2.75) is 52.3 Å². The van der Waals surface area contributed by atoms with Crippen LogP contribution in [0.5, 0.6) is 11.8 Å². The fourth-order valence-corrected chi connectivity index (χ4v) is 6.13. The number of piperidine rings is 1. The van der Waals surface area contributed by atoms with Crippen LogP contribution in [0, 0.1) is 10.1 Å². The highest BCUT2D eigenvalue weighted by Gasteiger charge is 2.32. The molecule has 2 amide bonds. The first-order valence-electron chi connectivity index (χ1n) is 17.0. The average molecular weight is 721 g/mol. The summed E-state index contributed by atoms with van der Waals surface area (Å²) < 4.78 is 50.7. The van der Waals surface area contributed by atoms with E-state index in [-0.39, 0.29) is 60.4 Å². The number of carbonyl (C=O) groups is 2. The van der Waals surface area contributed by atoms with Gasteiger partial charge in [0.15, 0.2) is 5.69 Å². The van der Waals surface area contributed by atoms with Crippen molar-refractivity contribution in [2.75, 3.05) is 42.6 Å². The van der Waals surface area contributed by atoms with Gasteiger partial charge in [0.25, 0.3) is 17.5 Å². The number of nitro groups is 1. The molecule has 15 heteroatoms. The summed E-state index contributed by atoms with van der Waals surface area (Å²) in [7, 11) is 0. The predicted octanol–water partition coefficient (Wildman–Crippen LogP) is 7.32. The van der Waals surface area contributed by atoms with Crippen LogP contribution in [0.2, 0.25) is 0 Å². The van der Waals surface area contributed by atoms with Gasteiger partial charge in [-0.3, -0.25) is 24.6 Å². The van der Waals surface area contributed by atoms with Crippen LogP contribution in [0.1, 0.15) is 66.3 Å². The molecular weight excluding hydrogens is 681 g/mol. The molecule has 1 saturated heterocycles. The first-order chi connectivity index (χ1) is 25.0. The second-order valence-electron chi connectivity index (χ2n) is 12.0. The summed E-state index contributed by atoms with van der Waals surface area (Å²) in [5, 5.41) is 15.4. The Bertz CT molecular complexity index is 1870. The lowest BCUT2D eigenvalue weighted by molar-refractivity contribution is -0.384. The van der Waals surface area contributed by atoms with Gasteiger partial charge in [-0.25, -0.2) is 0 Å². The number of aromatic nitrogens is 2. The lowest BCUT2D eigenvalue weighted by atomic mass is 9.97. The standard InChI is InChI=1S/C37H39F3N6O6/c1-4-19-45(32-34(51-5-2)41-23-42-35(32)52-6-3)36(48)25-13-16-30(31(22-25)46(49)50)44-20-17-27(18-21-44)43-33(47)29-10-8-7-9-28(29)24-11-14-26(15-12-24)37(38,39)40/h7-16,22-23,27H,4-6,17-21H2,1-3H3,(H,43,47). The lowest BCUT2D eigenvalue weighted by Crippen LogP contribution is -2.45. The smallest absolute Gasteiger partial charge is 0.416 e. The number of anilines is 2. The lowest BCUT2D eigenvalue weighted by Gasteiger charge is -2.34. The van der Waals surface area contributed by atoms with Gasteiger partial charge < -0.3 is 19.7 Å². The highest BCUT2D eigenvalue weighted by molar-refractivity contribution is 6.08. The summed E-state index contributed by atoms with van der Waals surface area (Å²) >= 11 is 0. The molecule has 0 aliphatic carbocycles. The summed E-state index contributed by atoms with van der Waals surface area (Å²) in [6, 6.07) is 15.5. The molecule has 1 aliphatic rings. The van der Waals surface area contributed by atoms with Gasteiger partial charge >= 0.3 is 6.18 Å². The van der Waals surface area contributed by atoms with Gasteiger partial charge in [0.2, 0.25) is 11.8 Å². The number of carbonyl (C=O) groups excluding carboxylic acids is 2.